The van der Waals surface area contributed by atoms with Crippen molar-refractivity contribution in [1.82, 2.24) is 0 Å². The predicted octanol–water partition coefficient (Wildman–Crippen LogP) is 6.55. The number of halogens is 7. The molecule has 0 fully saturated rings. The second kappa shape index (κ2) is 10.4. The van der Waals surface area contributed by atoms with Gasteiger partial charge in [0.05, 0.1) is 5.75 Å². The molecule has 2 amide bonds. The molecule has 0 bridgehead atoms. The standard InChI is InChI=1S/C23H15F7N2O2S/c1-11-2-4-12(5-3-11)22(34)31-13-6-8-14(9-7-13)35-10-15(33)32-21-19(26)17(24)16(23(28,29)30)18(25)20(21)27/h2-9H,10H2,1H3,(H,31,34)(H,32,33). The van der Waals surface area contributed by atoms with E-state index in [2.05, 4.69) is 5.32 Å². The van der Waals surface area contributed by atoms with Crippen molar-refractivity contribution in [2.24, 2.45) is 0 Å². The number of thioether (sulfide) groups is 1. The van der Waals surface area contributed by atoms with Crippen molar-refractivity contribution in [3.63, 3.8) is 0 Å². The molecule has 0 aliphatic heterocycles. The van der Waals surface area contributed by atoms with Crippen LogP contribution < -0.4 is 10.6 Å². The van der Waals surface area contributed by atoms with Crippen LogP contribution >= 0.6 is 11.8 Å². The number of nitrogens with one attached hydrogen (secondary N) is 2. The van der Waals surface area contributed by atoms with Gasteiger partial charge in [-0.05, 0) is 43.3 Å². The second-order valence-electron chi connectivity index (χ2n) is 7.19. The Morgan fingerprint density at radius 2 is 1.34 bits per heavy atom. The Bertz CT molecular complexity index is 1230. The van der Waals surface area contributed by atoms with E-state index in [9.17, 15) is 40.3 Å². The first kappa shape index (κ1) is 26.1. The number of alkyl halides is 3. The highest BCUT2D eigenvalue weighted by Gasteiger charge is 2.42. The van der Waals surface area contributed by atoms with Gasteiger partial charge in [0.1, 0.15) is 11.3 Å². The van der Waals surface area contributed by atoms with Gasteiger partial charge in [-0.3, -0.25) is 9.59 Å². The molecule has 12 heteroatoms. The van der Waals surface area contributed by atoms with Gasteiger partial charge in [0.15, 0.2) is 23.3 Å². The first-order valence-corrected chi connectivity index (χ1v) is 10.7. The molecule has 0 atom stereocenters. The van der Waals surface area contributed by atoms with E-state index in [0.29, 0.717) is 16.1 Å². The molecule has 35 heavy (non-hydrogen) atoms. The van der Waals surface area contributed by atoms with E-state index in [1.807, 2.05) is 6.92 Å². The quantitative estimate of drug-likeness (QED) is 0.222. The molecule has 0 spiro atoms. The summed E-state index contributed by atoms with van der Waals surface area (Å²) in [6, 6.07) is 13.0. The number of amides is 2. The fourth-order valence-corrected chi connectivity index (χ4v) is 3.56. The molecule has 0 heterocycles. The summed E-state index contributed by atoms with van der Waals surface area (Å²) in [5, 5.41) is 4.23. The molecule has 0 aliphatic rings. The summed E-state index contributed by atoms with van der Waals surface area (Å²) in [5.74, 6) is -12.0. The number of hydrogen-bond acceptors (Lipinski definition) is 3. The fraction of sp³-hybridized carbons (Fsp3) is 0.130. The van der Waals surface area contributed by atoms with Crippen LogP contribution in [-0.4, -0.2) is 17.6 Å². The molecule has 3 aromatic carbocycles. The Balaban J connectivity index is 1.62. The molecule has 0 radical (unpaired) electrons. The average Bonchev–Trinajstić information content (AvgIpc) is 2.79. The van der Waals surface area contributed by atoms with E-state index in [1.54, 1.807) is 29.6 Å². The summed E-state index contributed by atoms with van der Waals surface area (Å²) in [5.41, 5.74) is -2.50. The summed E-state index contributed by atoms with van der Waals surface area (Å²) >= 11 is 0.864. The van der Waals surface area contributed by atoms with Crippen molar-refractivity contribution in [3.8, 4) is 0 Å². The molecule has 3 aromatic rings. The number of anilines is 2. The lowest BCUT2D eigenvalue weighted by Crippen LogP contribution is -2.21. The largest absolute Gasteiger partial charge is 0.422 e. The third-order valence-corrected chi connectivity index (χ3v) is 5.62. The molecule has 0 aromatic heterocycles. The van der Waals surface area contributed by atoms with Crippen molar-refractivity contribution in [2.75, 3.05) is 16.4 Å². The molecule has 3 rings (SSSR count). The summed E-state index contributed by atoms with van der Waals surface area (Å²) in [4.78, 5) is 24.7. The van der Waals surface area contributed by atoms with Gasteiger partial charge in [0, 0.05) is 16.1 Å². The minimum atomic E-state index is -5.68. The van der Waals surface area contributed by atoms with Crippen molar-refractivity contribution in [1.29, 1.82) is 0 Å². The van der Waals surface area contributed by atoms with Crippen molar-refractivity contribution in [3.05, 3.63) is 88.5 Å². The highest BCUT2D eigenvalue weighted by atomic mass is 32.2. The summed E-state index contributed by atoms with van der Waals surface area (Å²) in [6.45, 7) is 1.88. The third kappa shape index (κ3) is 6.13. The lowest BCUT2D eigenvalue weighted by atomic mass is 10.1. The zero-order chi connectivity index (χ0) is 25.9. The van der Waals surface area contributed by atoms with Gasteiger partial charge in [-0.2, -0.15) is 13.2 Å². The highest BCUT2D eigenvalue weighted by molar-refractivity contribution is 8.00. The van der Waals surface area contributed by atoms with Crippen LogP contribution in [0.15, 0.2) is 53.4 Å². The zero-order valence-corrected chi connectivity index (χ0v) is 18.5. The molecule has 184 valence electrons. The number of rotatable bonds is 6. The zero-order valence-electron chi connectivity index (χ0n) is 17.7. The van der Waals surface area contributed by atoms with Gasteiger partial charge in [-0.25, -0.2) is 17.6 Å². The minimum Gasteiger partial charge on any atom is -0.322 e. The molecular weight excluding hydrogens is 501 g/mol. The fourth-order valence-electron chi connectivity index (χ4n) is 2.86. The monoisotopic (exact) mass is 516 g/mol. The third-order valence-electron chi connectivity index (χ3n) is 4.61. The van der Waals surface area contributed by atoms with Crippen molar-refractivity contribution in [2.45, 2.75) is 18.0 Å². The van der Waals surface area contributed by atoms with Crippen molar-refractivity contribution >= 4 is 35.0 Å². The smallest absolute Gasteiger partial charge is 0.322 e. The van der Waals surface area contributed by atoms with E-state index in [1.165, 1.54) is 24.3 Å². The number of benzene rings is 3. The lowest BCUT2D eigenvalue weighted by Gasteiger charge is -2.14. The van der Waals surface area contributed by atoms with Crippen LogP contribution in [0.25, 0.3) is 0 Å². The van der Waals surface area contributed by atoms with Crippen LogP contribution in [0, 0.1) is 30.2 Å². The van der Waals surface area contributed by atoms with Crippen LogP contribution in [0.5, 0.6) is 0 Å². The van der Waals surface area contributed by atoms with Crippen LogP contribution in [0.1, 0.15) is 21.5 Å². The number of hydrogen-bond donors (Lipinski definition) is 2. The van der Waals surface area contributed by atoms with E-state index >= 15 is 0 Å². The van der Waals surface area contributed by atoms with Crippen LogP contribution in [0.2, 0.25) is 0 Å². The maximum absolute atomic E-state index is 13.9. The van der Waals surface area contributed by atoms with Gasteiger partial charge in [-0.15, -0.1) is 11.8 Å². The minimum absolute atomic E-state index is 0.343. The predicted molar refractivity (Wildman–Crippen MR) is 116 cm³/mol. The Hall–Kier alpha value is -3.54. The first-order chi connectivity index (χ1) is 16.4. The van der Waals surface area contributed by atoms with E-state index in [0.717, 1.165) is 17.3 Å². The van der Waals surface area contributed by atoms with Gasteiger partial charge >= 0.3 is 6.18 Å². The normalized spacial score (nSPS) is 11.3. The summed E-state index contributed by atoms with van der Waals surface area (Å²) in [7, 11) is 0. The van der Waals surface area contributed by atoms with Gasteiger partial charge in [0.2, 0.25) is 5.91 Å². The Labute approximate surface area is 198 Å². The Morgan fingerprint density at radius 1 is 0.800 bits per heavy atom. The summed E-state index contributed by atoms with van der Waals surface area (Å²) < 4.78 is 93.1. The molecular formula is C23H15F7N2O2S. The van der Waals surface area contributed by atoms with Crippen molar-refractivity contribution < 1.29 is 40.3 Å². The number of carbonyl (C=O) groups is 2. The van der Waals surface area contributed by atoms with Crippen LogP contribution in [0.3, 0.4) is 0 Å². The molecule has 0 saturated heterocycles. The lowest BCUT2D eigenvalue weighted by molar-refractivity contribution is -0.143. The van der Waals surface area contributed by atoms with E-state index < -0.39 is 52.4 Å². The average molecular weight is 516 g/mol. The summed E-state index contributed by atoms with van der Waals surface area (Å²) in [6.07, 6.45) is -5.68. The Kier molecular flexibility index (Phi) is 7.73. The molecule has 0 aliphatic carbocycles. The van der Waals surface area contributed by atoms with Gasteiger partial charge in [-0.1, -0.05) is 17.7 Å². The van der Waals surface area contributed by atoms with E-state index in [4.69, 9.17) is 0 Å². The van der Waals surface area contributed by atoms with E-state index in [-0.39, 0.29) is 5.91 Å². The van der Waals surface area contributed by atoms with Gasteiger partial charge in [0.25, 0.3) is 5.91 Å². The maximum atomic E-state index is 13.9. The molecule has 0 saturated carbocycles. The molecule has 4 nitrogen and oxygen atoms in total. The first-order valence-electron chi connectivity index (χ1n) is 9.72. The molecule has 0 unspecified atom stereocenters. The number of aryl methyl sites for hydroxylation is 1. The number of carbonyl (C=O) groups excluding carboxylic acids is 2. The van der Waals surface area contributed by atoms with Crippen LogP contribution in [0.4, 0.5) is 42.1 Å². The van der Waals surface area contributed by atoms with Crippen LogP contribution in [-0.2, 0) is 11.0 Å². The van der Waals surface area contributed by atoms with Gasteiger partial charge < -0.3 is 10.6 Å². The topological polar surface area (TPSA) is 58.2 Å². The Morgan fingerprint density at radius 3 is 1.86 bits per heavy atom. The SMILES string of the molecule is Cc1ccc(C(=O)Nc2ccc(SCC(=O)Nc3c(F)c(F)c(C(F)(F)F)c(F)c3F)cc2)cc1. The maximum Gasteiger partial charge on any atom is 0.422 e. The second-order valence-corrected chi connectivity index (χ2v) is 8.23. The highest BCUT2D eigenvalue weighted by Crippen LogP contribution is 2.38. The molecule has 2 N–H and O–H groups in total.